The molecule has 384 valence electrons. The zero-order valence-electron chi connectivity index (χ0n) is 39.4. The van der Waals surface area contributed by atoms with Crippen LogP contribution in [0.4, 0.5) is 29.3 Å². The summed E-state index contributed by atoms with van der Waals surface area (Å²) in [4.78, 5) is 24.9. The number of ether oxygens (including phenoxy) is 12. The number of alkyl carbamates (subject to hydrolysis) is 1. The van der Waals surface area contributed by atoms with Crippen LogP contribution in [0.3, 0.4) is 0 Å². The van der Waals surface area contributed by atoms with Crippen LogP contribution in [0.25, 0.3) is 11.1 Å². The largest absolute Gasteiger partial charge is 0.460 e. The van der Waals surface area contributed by atoms with Crippen LogP contribution >= 0.6 is 0 Å². The molecule has 0 heterocycles. The van der Waals surface area contributed by atoms with Crippen LogP contribution in [-0.4, -0.2) is 164 Å². The summed E-state index contributed by atoms with van der Waals surface area (Å²) in [5, 5.41) is 5.60. The molecule has 0 unspecified atom stereocenters. The van der Waals surface area contributed by atoms with Crippen LogP contribution in [0.1, 0.15) is 33.0 Å². The number of nitrogens with one attached hydrogen (secondary N) is 2. The lowest BCUT2D eigenvalue weighted by Crippen LogP contribution is -2.29. The van der Waals surface area contributed by atoms with Crippen LogP contribution in [0, 0.1) is 0 Å². The Hall–Kier alpha value is -5.19. The van der Waals surface area contributed by atoms with Crippen LogP contribution in [-0.2, 0) is 63.0 Å². The summed E-state index contributed by atoms with van der Waals surface area (Å²) in [5.41, 5.74) is 4.61. The molecule has 0 saturated heterocycles. The first kappa shape index (κ1) is 55.7. The molecule has 0 aliphatic heterocycles. The second-order valence-corrected chi connectivity index (χ2v) is 15.3. The number of esters is 1. The van der Waals surface area contributed by atoms with Gasteiger partial charge in [-0.2, -0.15) is 13.2 Å². The Morgan fingerprint density at radius 3 is 1.34 bits per heavy atom. The lowest BCUT2D eigenvalue weighted by Gasteiger charge is -2.14. The average Bonchev–Trinajstić information content (AvgIpc) is 3.69. The number of para-hydroxylation sites is 1. The highest BCUT2D eigenvalue weighted by Gasteiger charge is 2.31. The maximum Gasteiger partial charge on any atom is 0.416 e. The molecule has 19 heteroatoms. The molecule has 70 heavy (non-hydrogen) atoms. The van der Waals surface area contributed by atoms with Gasteiger partial charge >= 0.3 is 18.2 Å². The van der Waals surface area contributed by atoms with Crippen LogP contribution in [0.15, 0.2) is 97.1 Å². The van der Waals surface area contributed by atoms with Gasteiger partial charge in [0, 0.05) is 18.2 Å². The van der Waals surface area contributed by atoms with Gasteiger partial charge < -0.3 is 67.5 Å². The van der Waals surface area contributed by atoms with Crippen molar-refractivity contribution in [2.45, 2.75) is 12.1 Å². The van der Waals surface area contributed by atoms with Gasteiger partial charge in [0.15, 0.2) is 0 Å². The maximum atomic E-state index is 13.1. The van der Waals surface area contributed by atoms with Crippen molar-refractivity contribution in [3.05, 3.63) is 119 Å². The normalized spacial score (nSPS) is 12.2. The van der Waals surface area contributed by atoms with Crippen molar-refractivity contribution in [1.29, 1.82) is 0 Å². The number of rotatable bonds is 38. The van der Waals surface area contributed by atoms with E-state index in [0.717, 1.165) is 12.1 Å². The Balaban J connectivity index is 0.689. The van der Waals surface area contributed by atoms with Crippen molar-refractivity contribution >= 4 is 23.4 Å². The maximum absolute atomic E-state index is 13.1. The van der Waals surface area contributed by atoms with E-state index in [1.165, 1.54) is 40.5 Å². The fraction of sp³-hybridized carbons (Fsp3) is 0.490. The van der Waals surface area contributed by atoms with Gasteiger partial charge in [-0.3, -0.25) is 0 Å². The van der Waals surface area contributed by atoms with E-state index in [4.69, 9.17) is 56.8 Å². The molecule has 0 spiro atoms. The molecule has 0 fully saturated rings. The molecule has 16 nitrogen and oxygen atoms in total. The molecule has 1 amide bonds. The number of fused-ring (bicyclic) bond motifs is 3. The number of alkyl halides is 3. The van der Waals surface area contributed by atoms with Crippen molar-refractivity contribution in [2.24, 2.45) is 0 Å². The number of hydrogen-bond donors (Lipinski definition) is 2. The summed E-state index contributed by atoms with van der Waals surface area (Å²) < 4.78 is 105. The van der Waals surface area contributed by atoms with Gasteiger partial charge in [0.05, 0.1) is 149 Å². The van der Waals surface area contributed by atoms with Crippen molar-refractivity contribution in [3.8, 4) is 11.1 Å². The molecule has 0 atom stereocenters. The van der Waals surface area contributed by atoms with Crippen molar-refractivity contribution < 1.29 is 79.6 Å². The number of carbonyl (C=O) groups excluding carboxylic acids is 2. The van der Waals surface area contributed by atoms with E-state index in [9.17, 15) is 22.8 Å². The number of amides is 1. The molecule has 2 N–H and O–H groups in total. The highest BCUT2D eigenvalue weighted by molar-refractivity contribution is 5.96. The Bertz CT molecular complexity index is 2030. The van der Waals surface area contributed by atoms with Crippen LogP contribution in [0.2, 0.25) is 0 Å². The number of carbonyl (C=O) groups is 2. The van der Waals surface area contributed by atoms with Crippen molar-refractivity contribution in [2.75, 3.05) is 157 Å². The summed E-state index contributed by atoms with van der Waals surface area (Å²) in [6.45, 7) is 8.58. The third-order valence-corrected chi connectivity index (χ3v) is 10.3. The third kappa shape index (κ3) is 21.4. The van der Waals surface area contributed by atoms with Gasteiger partial charge in [0.2, 0.25) is 0 Å². The minimum atomic E-state index is -4.48. The van der Waals surface area contributed by atoms with E-state index in [1.54, 1.807) is 18.2 Å². The number of anilines is 2. The molecule has 0 aromatic heterocycles. The molecular formula is C51H65F3N2O14. The molecule has 0 bridgehead atoms. The second kappa shape index (κ2) is 33.4. The highest BCUT2D eigenvalue weighted by Crippen LogP contribution is 2.44. The fourth-order valence-electron chi connectivity index (χ4n) is 6.93. The molecule has 1 aliphatic rings. The average molecular weight is 987 g/mol. The Labute approximate surface area is 407 Å². The Kier molecular flexibility index (Phi) is 26.6. The minimum absolute atomic E-state index is 0.0104. The monoisotopic (exact) mass is 986 g/mol. The van der Waals surface area contributed by atoms with Crippen molar-refractivity contribution in [3.63, 3.8) is 0 Å². The first-order chi connectivity index (χ1) is 34.3. The summed E-state index contributed by atoms with van der Waals surface area (Å²) >= 11 is 0. The van der Waals surface area contributed by atoms with Gasteiger partial charge in [-0.25, -0.2) is 9.59 Å². The van der Waals surface area contributed by atoms with Gasteiger partial charge in [0.25, 0.3) is 0 Å². The highest BCUT2D eigenvalue weighted by atomic mass is 19.4. The molecule has 5 rings (SSSR count). The SMILES string of the molecule is O=C(NCCOCCOCCOCCOCCOCCOCCOCCOCCOCCOCCOC(=O)c1ccccc1Nc1cccc(C(F)(F)F)c1)OCC1c2ccccc2-c2ccccc21. The Morgan fingerprint density at radius 1 is 0.457 bits per heavy atom. The summed E-state index contributed by atoms with van der Waals surface area (Å²) in [5.74, 6) is -0.614. The zero-order valence-corrected chi connectivity index (χ0v) is 39.4. The van der Waals surface area contributed by atoms with Gasteiger partial charge in [0.1, 0.15) is 13.2 Å². The first-order valence-corrected chi connectivity index (χ1v) is 23.4. The minimum Gasteiger partial charge on any atom is -0.460 e. The molecular weight excluding hydrogens is 922 g/mol. The quantitative estimate of drug-likeness (QED) is 0.0339. The lowest BCUT2D eigenvalue weighted by atomic mass is 9.98. The number of benzene rings is 4. The van der Waals surface area contributed by atoms with E-state index in [-0.39, 0.29) is 43.6 Å². The Morgan fingerprint density at radius 2 is 0.871 bits per heavy atom. The van der Waals surface area contributed by atoms with E-state index < -0.39 is 23.8 Å². The number of hydrogen-bond acceptors (Lipinski definition) is 15. The zero-order chi connectivity index (χ0) is 49.3. The number of halogens is 3. The molecule has 4 aromatic rings. The van der Waals surface area contributed by atoms with E-state index in [0.29, 0.717) is 131 Å². The predicted molar refractivity (Wildman–Crippen MR) is 253 cm³/mol. The van der Waals surface area contributed by atoms with Gasteiger partial charge in [-0.1, -0.05) is 66.7 Å². The van der Waals surface area contributed by atoms with Gasteiger partial charge in [-0.15, -0.1) is 0 Å². The summed E-state index contributed by atoms with van der Waals surface area (Å²) in [7, 11) is 0. The molecule has 4 aromatic carbocycles. The summed E-state index contributed by atoms with van der Waals surface area (Å²) in [6.07, 6.45) is -4.95. The lowest BCUT2D eigenvalue weighted by molar-refractivity contribution is -0.137. The predicted octanol–water partition coefficient (Wildman–Crippen LogP) is 7.31. The first-order valence-electron chi connectivity index (χ1n) is 23.4. The van der Waals surface area contributed by atoms with E-state index >= 15 is 0 Å². The van der Waals surface area contributed by atoms with Crippen LogP contribution in [0.5, 0.6) is 0 Å². The molecule has 1 aliphatic carbocycles. The standard InChI is InChI=1S/C51H65F3N2O14/c52-51(53,54)40-8-7-9-41(38-40)56-48-15-6-5-14-46(48)49(57)69-37-36-68-35-34-67-33-32-66-31-30-65-29-28-64-27-26-63-25-24-62-23-22-61-21-20-60-19-18-59-17-16-55-50(58)70-39-47-44-12-3-1-10-42(44)43-11-2-4-13-45(43)47/h1-15,38,47,56H,16-37,39H2,(H,55,58). The van der Waals surface area contributed by atoms with Crippen LogP contribution < -0.4 is 10.6 Å². The van der Waals surface area contributed by atoms with E-state index in [1.807, 2.05) is 24.3 Å². The van der Waals surface area contributed by atoms with Gasteiger partial charge in [-0.05, 0) is 52.6 Å². The van der Waals surface area contributed by atoms with E-state index in [2.05, 4.69) is 34.9 Å². The smallest absolute Gasteiger partial charge is 0.416 e. The second-order valence-electron chi connectivity index (χ2n) is 15.3. The topological polar surface area (TPSA) is 169 Å². The third-order valence-electron chi connectivity index (χ3n) is 10.3. The summed E-state index contributed by atoms with van der Waals surface area (Å²) in [6, 6.07) is 27.6. The van der Waals surface area contributed by atoms with Crippen molar-refractivity contribution in [1.82, 2.24) is 5.32 Å². The molecule has 0 radical (unpaired) electrons. The fourth-order valence-corrected chi connectivity index (χ4v) is 6.93. The molecule has 0 saturated carbocycles.